The van der Waals surface area contributed by atoms with Gasteiger partial charge < -0.3 is 15.0 Å². The Labute approximate surface area is 210 Å². The van der Waals surface area contributed by atoms with Gasteiger partial charge in [0, 0.05) is 30.8 Å². The van der Waals surface area contributed by atoms with Crippen LogP contribution in [0.4, 0.5) is 14.0 Å². The number of hydrogen-bond acceptors (Lipinski definition) is 3. The van der Waals surface area contributed by atoms with Gasteiger partial charge >= 0.3 is 12.1 Å². The van der Waals surface area contributed by atoms with Crippen molar-refractivity contribution in [1.29, 1.82) is 0 Å². The van der Waals surface area contributed by atoms with Gasteiger partial charge in [-0.05, 0) is 23.6 Å². The van der Waals surface area contributed by atoms with Crippen LogP contribution in [0.2, 0.25) is 0 Å². The number of carbonyl (C=O) groups excluding carboxylic acids is 2. The van der Waals surface area contributed by atoms with E-state index in [4.69, 9.17) is 4.74 Å². The van der Waals surface area contributed by atoms with Crippen LogP contribution in [0.3, 0.4) is 0 Å². The minimum Gasteiger partial charge on any atom is -0.431 e. The molecule has 186 valence electrons. The summed E-state index contributed by atoms with van der Waals surface area (Å²) in [6, 6.07) is 24.7. The monoisotopic (exact) mass is 487 g/mol. The second kappa shape index (κ2) is 9.64. The van der Waals surface area contributed by atoms with E-state index in [0.717, 1.165) is 16.7 Å². The summed E-state index contributed by atoms with van der Waals surface area (Å²) in [6.07, 6.45) is -0.363. The van der Waals surface area contributed by atoms with Gasteiger partial charge in [-0.25, -0.2) is 14.0 Å². The van der Waals surface area contributed by atoms with Gasteiger partial charge in [-0.1, -0.05) is 86.6 Å². The molecule has 3 aromatic carbocycles. The molecule has 6 nitrogen and oxygen atoms in total. The molecule has 2 fully saturated rings. The molecule has 5 rings (SSSR count). The normalized spacial score (nSPS) is 20.7. The van der Waals surface area contributed by atoms with E-state index in [2.05, 4.69) is 19.2 Å². The molecular weight excluding hydrogens is 457 g/mol. The molecule has 7 heteroatoms. The van der Waals surface area contributed by atoms with Gasteiger partial charge in [-0.3, -0.25) is 4.90 Å². The van der Waals surface area contributed by atoms with Crippen molar-refractivity contribution in [1.82, 2.24) is 15.1 Å². The topological polar surface area (TPSA) is 61.9 Å². The Morgan fingerprint density at radius 2 is 1.56 bits per heavy atom. The summed E-state index contributed by atoms with van der Waals surface area (Å²) in [5, 5.41) is 2.97. The fourth-order valence-corrected chi connectivity index (χ4v) is 5.39. The van der Waals surface area contributed by atoms with Gasteiger partial charge in [0.15, 0.2) is 5.60 Å². The van der Waals surface area contributed by atoms with Crippen molar-refractivity contribution in [2.24, 2.45) is 5.92 Å². The first kappa shape index (κ1) is 23.9. The first-order valence-electron chi connectivity index (χ1n) is 12.3. The lowest BCUT2D eigenvalue weighted by Crippen LogP contribution is -2.64. The number of urea groups is 1. The minimum absolute atomic E-state index is 0.107. The van der Waals surface area contributed by atoms with E-state index in [1.807, 2.05) is 65.6 Å². The number of nitrogens with zero attached hydrogens (tertiary/aromatic N) is 2. The van der Waals surface area contributed by atoms with E-state index in [1.165, 1.54) is 12.1 Å². The van der Waals surface area contributed by atoms with Crippen LogP contribution in [-0.2, 0) is 16.9 Å². The number of cyclic esters (lactones) is 1. The highest BCUT2D eigenvalue weighted by Crippen LogP contribution is 2.47. The molecule has 0 radical (unpaired) electrons. The standard InChI is InChI=1S/C29H30FN3O3/c1-20(2)25-18-32(27(34)31-17-21-13-15-24(30)16-14-21)19-26-29(36-28(35)33(25)26,22-9-5-3-6-10-22)23-11-7-4-8-12-23/h3-16,20,25-26H,17-19H2,1-2H3,(H,31,34)/t25-,26-/m1/s1. The molecule has 3 aromatic rings. The Balaban J connectivity index is 1.50. The Morgan fingerprint density at radius 3 is 2.11 bits per heavy atom. The molecule has 1 N–H and O–H groups in total. The summed E-state index contributed by atoms with van der Waals surface area (Å²) in [6.45, 7) is 5.11. The maximum atomic E-state index is 13.5. The van der Waals surface area contributed by atoms with Gasteiger partial charge in [0.05, 0.1) is 6.04 Å². The molecule has 0 bridgehead atoms. The molecule has 2 atom stereocenters. The summed E-state index contributed by atoms with van der Waals surface area (Å²) in [5.74, 6) is -0.208. The number of piperazine rings is 1. The molecule has 0 aliphatic carbocycles. The first-order chi connectivity index (χ1) is 17.4. The van der Waals surface area contributed by atoms with E-state index >= 15 is 0 Å². The van der Waals surface area contributed by atoms with Crippen molar-refractivity contribution in [3.05, 3.63) is 107 Å². The molecule has 2 saturated heterocycles. The summed E-state index contributed by atoms with van der Waals surface area (Å²) in [5.41, 5.74) is 1.50. The summed E-state index contributed by atoms with van der Waals surface area (Å²) in [4.78, 5) is 30.4. The van der Waals surface area contributed by atoms with Gasteiger partial charge in [0.25, 0.3) is 0 Å². The van der Waals surface area contributed by atoms with Gasteiger partial charge in [-0.2, -0.15) is 0 Å². The Bertz CT molecular complexity index is 1180. The largest absolute Gasteiger partial charge is 0.431 e. The predicted molar refractivity (Wildman–Crippen MR) is 135 cm³/mol. The number of hydrogen-bond donors (Lipinski definition) is 1. The lowest BCUT2D eigenvalue weighted by atomic mass is 9.78. The number of fused-ring (bicyclic) bond motifs is 1. The van der Waals surface area contributed by atoms with Crippen LogP contribution >= 0.6 is 0 Å². The third-order valence-electron chi connectivity index (χ3n) is 7.24. The van der Waals surface area contributed by atoms with Crippen molar-refractivity contribution in [2.75, 3.05) is 13.1 Å². The van der Waals surface area contributed by atoms with Crippen LogP contribution in [0, 0.1) is 11.7 Å². The fourth-order valence-electron chi connectivity index (χ4n) is 5.39. The number of benzene rings is 3. The molecule has 0 saturated carbocycles. The molecule has 3 amide bonds. The molecule has 2 aliphatic rings. The quantitative estimate of drug-likeness (QED) is 0.542. The zero-order valence-corrected chi connectivity index (χ0v) is 20.4. The highest BCUT2D eigenvalue weighted by Gasteiger charge is 2.60. The van der Waals surface area contributed by atoms with Crippen LogP contribution in [0.5, 0.6) is 0 Å². The van der Waals surface area contributed by atoms with Gasteiger partial charge in [0.1, 0.15) is 11.9 Å². The Hall–Kier alpha value is -3.87. The Morgan fingerprint density at radius 1 is 0.972 bits per heavy atom. The zero-order chi connectivity index (χ0) is 25.3. The number of halogens is 1. The highest BCUT2D eigenvalue weighted by molar-refractivity contribution is 5.78. The fraction of sp³-hybridized carbons (Fsp3) is 0.310. The second-order valence-corrected chi connectivity index (χ2v) is 9.76. The first-order valence-corrected chi connectivity index (χ1v) is 12.3. The second-order valence-electron chi connectivity index (χ2n) is 9.76. The lowest BCUT2D eigenvalue weighted by Gasteiger charge is -2.47. The van der Waals surface area contributed by atoms with Crippen molar-refractivity contribution >= 4 is 12.1 Å². The molecule has 0 unspecified atom stereocenters. The van der Waals surface area contributed by atoms with E-state index in [-0.39, 0.29) is 36.4 Å². The summed E-state index contributed by atoms with van der Waals surface area (Å²) in [7, 11) is 0. The van der Waals surface area contributed by atoms with Crippen molar-refractivity contribution in [3.8, 4) is 0 Å². The van der Waals surface area contributed by atoms with Crippen LogP contribution < -0.4 is 5.32 Å². The molecule has 0 aromatic heterocycles. The number of carbonyl (C=O) groups is 2. The van der Waals surface area contributed by atoms with E-state index in [0.29, 0.717) is 13.1 Å². The summed E-state index contributed by atoms with van der Waals surface area (Å²) < 4.78 is 19.6. The number of rotatable bonds is 5. The third-order valence-corrected chi connectivity index (χ3v) is 7.24. The number of amides is 3. The molecule has 2 aliphatic heterocycles. The van der Waals surface area contributed by atoms with Crippen molar-refractivity contribution in [3.63, 3.8) is 0 Å². The molecule has 36 heavy (non-hydrogen) atoms. The van der Waals surface area contributed by atoms with Gasteiger partial charge in [-0.15, -0.1) is 0 Å². The average Bonchev–Trinajstić information content (AvgIpc) is 3.21. The number of nitrogens with one attached hydrogen (secondary N) is 1. The zero-order valence-electron chi connectivity index (χ0n) is 20.4. The van der Waals surface area contributed by atoms with E-state index in [9.17, 15) is 14.0 Å². The smallest absolute Gasteiger partial charge is 0.411 e. The molecule has 2 heterocycles. The van der Waals surface area contributed by atoms with Crippen LogP contribution in [-0.4, -0.2) is 47.1 Å². The highest BCUT2D eigenvalue weighted by atomic mass is 19.1. The lowest BCUT2D eigenvalue weighted by molar-refractivity contribution is 0.0285. The molecule has 0 spiro atoms. The number of ether oxygens (including phenoxy) is 1. The minimum atomic E-state index is -1.05. The maximum absolute atomic E-state index is 13.5. The Kier molecular flexibility index (Phi) is 6.39. The maximum Gasteiger partial charge on any atom is 0.411 e. The summed E-state index contributed by atoms with van der Waals surface area (Å²) >= 11 is 0. The van der Waals surface area contributed by atoms with Crippen molar-refractivity contribution < 1.29 is 18.7 Å². The molecular formula is C29H30FN3O3. The van der Waals surface area contributed by atoms with Crippen molar-refractivity contribution in [2.45, 2.75) is 38.1 Å². The predicted octanol–water partition coefficient (Wildman–Crippen LogP) is 5.14. The average molecular weight is 488 g/mol. The van der Waals surface area contributed by atoms with Crippen LogP contribution in [0.25, 0.3) is 0 Å². The van der Waals surface area contributed by atoms with E-state index in [1.54, 1.807) is 17.0 Å². The SMILES string of the molecule is CC(C)[C@H]1CN(C(=O)NCc2ccc(F)cc2)C[C@H]2N1C(=O)OC2(c1ccccc1)c1ccccc1. The van der Waals surface area contributed by atoms with Crippen LogP contribution in [0.15, 0.2) is 84.9 Å². The van der Waals surface area contributed by atoms with Gasteiger partial charge in [0.2, 0.25) is 0 Å². The third kappa shape index (κ3) is 4.19. The van der Waals surface area contributed by atoms with Crippen LogP contribution in [0.1, 0.15) is 30.5 Å². The van der Waals surface area contributed by atoms with E-state index < -0.39 is 11.6 Å².